The summed E-state index contributed by atoms with van der Waals surface area (Å²) in [4.78, 5) is 12.6. The second-order valence-corrected chi connectivity index (χ2v) is 7.45. The molecule has 0 aliphatic heterocycles. The van der Waals surface area contributed by atoms with E-state index in [0.29, 0.717) is 13.0 Å². The number of hydrogen-bond donors (Lipinski definition) is 0. The minimum absolute atomic E-state index is 0.245. The first-order valence-electron chi connectivity index (χ1n) is 9.28. The zero-order valence-electron chi connectivity index (χ0n) is 15.5. The molecular formula is C22H23BrFNO2. The van der Waals surface area contributed by atoms with Crippen molar-refractivity contribution in [2.24, 2.45) is 0 Å². The fourth-order valence-corrected chi connectivity index (χ4v) is 3.64. The molecule has 0 amide bonds. The van der Waals surface area contributed by atoms with Crippen molar-refractivity contribution in [3.8, 4) is 5.69 Å². The van der Waals surface area contributed by atoms with Crippen molar-refractivity contribution in [1.29, 1.82) is 0 Å². The van der Waals surface area contributed by atoms with E-state index in [1.165, 1.54) is 12.1 Å². The molecule has 1 aromatic heterocycles. The van der Waals surface area contributed by atoms with E-state index in [1.54, 1.807) is 13.0 Å². The number of benzene rings is 2. The zero-order valence-corrected chi connectivity index (χ0v) is 17.1. The Morgan fingerprint density at radius 1 is 1.19 bits per heavy atom. The molecule has 5 heteroatoms. The Morgan fingerprint density at radius 2 is 1.93 bits per heavy atom. The topological polar surface area (TPSA) is 31.2 Å². The third kappa shape index (κ3) is 4.24. The highest BCUT2D eigenvalue weighted by Crippen LogP contribution is 2.34. The molecule has 0 aliphatic carbocycles. The molecule has 3 rings (SSSR count). The lowest BCUT2D eigenvalue weighted by Crippen LogP contribution is -2.16. The number of carbonyl (C=O) groups is 1. The predicted octanol–water partition coefficient (Wildman–Crippen LogP) is 6.37. The molecule has 0 bridgehead atoms. The third-order valence-corrected chi connectivity index (χ3v) is 5.22. The highest BCUT2D eigenvalue weighted by Gasteiger charge is 2.26. The lowest BCUT2D eigenvalue weighted by molar-refractivity contribution is -0.145. The maximum atomic E-state index is 14.0. The van der Waals surface area contributed by atoms with Crippen molar-refractivity contribution in [3.05, 3.63) is 64.5 Å². The van der Waals surface area contributed by atoms with Crippen molar-refractivity contribution < 1.29 is 13.9 Å². The second-order valence-electron chi connectivity index (χ2n) is 6.54. The van der Waals surface area contributed by atoms with Crippen LogP contribution in [0.5, 0.6) is 0 Å². The summed E-state index contributed by atoms with van der Waals surface area (Å²) in [5, 5.41) is 0.757. The van der Waals surface area contributed by atoms with E-state index in [2.05, 4.69) is 22.9 Å². The van der Waals surface area contributed by atoms with E-state index in [4.69, 9.17) is 4.74 Å². The number of halogens is 2. The molecule has 0 radical (unpaired) electrons. The summed E-state index contributed by atoms with van der Waals surface area (Å²) in [5.74, 6) is -0.952. The largest absolute Gasteiger partial charge is 0.466 e. The summed E-state index contributed by atoms with van der Waals surface area (Å²) >= 11 is 3.45. The van der Waals surface area contributed by atoms with E-state index < -0.39 is 5.92 Å². The van der Waals surface area contributed by atoms with E-state index in [1.807, 2.05) is 35.0 Å². The molecule has 0 saturated heterocycles. The fourth-order valence-electron chi connectivity index (χ4n) is 3.37. The molecule has 3 aromatic rings. The summed E-state index contributed by atoms with van der Waals surface area (Å²) in [5.41, 5.74) is 2.65. The van der Waals surface area contributed by atoms with Crippen molar-refractivity contribution in [3.63, 3.8) is 0 Å². The van der Waals surface area contributed by atoms with Gasteiger partial charge in [-0.3, -0.25) is 4.79 Å². The Labute approximate surface area is 167 Å². The Balaban J connectivity index is 2.17. The van der Waals surface area contributed by atoms with E-state index in [-0.39, 0.29) is 11.8 Å². The van der Waals surface area contributed by atoms with Crippen LogP contribution in [0.3, 0.4) is 0 Å². The van der Waals surface area contributed by atoms with Gasteiger partial charge in [-0.1, -0.05) is 35.7 Å². The molecule has 0 N–H and O–H groups in total. The second kappa shape index (κ2) is 8.70. The van der Waals surface area contributed by atoms with Gasteiger partial charge in [0.15, 0.2) is 0 Å². The van der Waals surface area contributed by atoms with Gasteiger partial charge in [-0.05, 0) is 61.4 Å². The van der Waals surface area contributed by atoms with E-state index >= 15 is 0 Å². The van der Waals surface area contributed by atoms with E-state index in [9.17, 15) is 9.18 Å². The average molecular weight is 432 g/mol. The number of hydrogen-bond acceptors (Lipinski definition) is 2. The summed E-state index contributed by atoms with van der Waals surface area (Å²) in [6, 6.07) is 12.6. The van der Waals surface area contributed by atoms with Gasteiger partial charge < -0.3 is 9.30 Å². The van der Waals surface area contributed by atoms with Crippen LogP contribution in [0.1, 0.15) is 44.6 Å². The van der Waals surface area contributed by atoms with Crippen molar-refractivity contribution in [2.75, 3.05) is 6.61 Å². The van der Waals surface area contributed by atoms with Gasteiger partial charge in [-0.25, -0.2) is 4.39 Å². The molecule has 0 aliphatic rings. The molecule has 142 valence electrons. The maximum absolute atomic E-state index is 14.0. The van der Waals surface area contributed by atoms with Crippen LogP contribution in [0.15, 0.2) is 53.1 Å². The van der Waals surface area contributed by atoms with Gasteiger partial charge in [-0.15, -0.1) is 0 Å². The molecule has 0 unspecified atom stereocenters. The third-order valence-electron chi connectivity index (χ3n) is 4.70. The SMILES string of the molecule is CCCC[C@@H](C(=O)OCC)c1cn(-c2ccc(Br)cc2)c2ccc(F)cc12. The summed E-state index contributed by atoms with van der Waals surface area (Å²) < 4.78 is 22.3. The van der Waals surface area contributed by atoms with Crippen LogP contribution in [-0.4, -0.2) is 17.1 Å². The number of aromatic nitrogens is 1. The molecule has 3 nitrogen and oxygen atoms in total. The van der Waals surface area contributed by atoms with Crippen LogP contribution >= 0.6 is 15.9 Å². The fraction of sp³-hybridized carbons (Fsp3) is 0.318. The maximum Gasteiger partial charge on any atom is 0.313 e. The van der Waals surface area contributed by atoms with Crippen molar-refractivity contribution in [2.45, 2.75) is 39.0 Å². The molecule has 1 atom stereocenters. The van der Waals surface area contributed by atoms with Crippen molar-refractivity contribution >= 4 is 32.8 Å². The average Bonchev–Trinajstić information content (AvgIpc) is 3.01. The highest BCUT2D eigenvalue weighted by molar-refractivity contribution is 9.10. The number of unbranched alkanes of at least 4 members (excludes halogenated alkanes) is 1. The monoisotopic (exact) mass is 431 g/mol. The Bertz CT molecular complexity index is 933. The normalized spacial score (nSPS) is 12.3. The van der Waals surface area contributed by atoms with Gasteiger partial charge in [-0.2, -0.15) is 0 Å². The predicted molar refractivity (Wildman–Crippen MR) is 110 cm³/mol. The zero-order chi connectivity index (χ0) is 19.4. The van der Waals surface area contributed by atoms with Crippen LogP contribution in [-0.2, 0) is 9.53 Å². The minimum Gasteiger partial charge on any atom is -0.466 e. The highest BCUT2D eigenvalue weighted by atomic mass is 79.9. The van der Waals surface area contributed by atoms with Crippen LogP contribution in [0, 0.1) is 5.82 Å². The summed E-state index contributed by atoms with van der Waals surface area (Å²) in [6.07, 6.45) is 4.52. The van der Waals surface area contributed by atoms with Gasteiger partial charge >= 0.3 is 5.97 Å². The summed E-state index contributed by atoms with van der Waals surface area (Å²) in [6.45, 7) is 4.23. The van der Waals surface area contributed by atoms with Gasteiger partial charge in [0, 0.05) is 21.7 Å². The number of fused-ring (bicyclic) bond motifs is 1. The summed E-state index contributed by atoms with van der Waals surface area (Å²) in [7, 11) is 0. The van der Waals surface area contributed by atoms with Gasteiger partial charge in [0.05, 0.1) is 18.0 Å². The molecule has 1 heterocycles. The lowest BCUT2D eigenvalue weighted by atomic mass is 9.93. The molecule has 2 aromatic carbocycles. The Morgan fingerprint density at radius 3 is 2.59 bits per heavy atom. The minimum atomic E-state index is -0.397. The smallest absolute Gasteiger partial charge is 0.313 e. The molecule has 0 spiro atoms. The Kier molecular flexibility index (Phi) is 6.32. The van der Waals surface area contributed by atoms with Crippen LogP contribution in [0.4, 0.5) is 4.39 Å². The molecule has 0 fully saturated rings. The van der Waals surface area contributed by atoms with Crippen molar-refractivity contribution in [1.82, 2.24) is 4.57 Å². The standard InChI is InChI=1S/C22H23BrFNO2/c1-3-5-6-18(22(26)27-4-2)20-14-25(17-10-7-15(23)8-11-17)21-12-9-16(24)13-19(20)21/h7-14,18H,3-6H2,1-2H3/t18-/m1/s1. The molecular weight excluding hydrogens is 409 g/mol. The van der Waals surface area contributed by atoms with Crippen LogP contribution in [0.2, 0.25) is 0 Å². The molecule has 0 saturated carbocycles. The van der Waals surface area contributed by atoms with Gasteiger partial charge in [0.25, 0.3) is 0 Å². The van der Waals surface area contributed by atoms with Gasteiger partial charge in [0.2, 0.25) is 0 Å². The first-order chi connectivity index (χ1) is 13.0. The van der Waals surface area contributed by atoms with Gasteiger partial charge in [0.1, 0.15) is 5.82 Å². The number of nitrogens with zero attached hydrogens (tertiary/aromatic N) is 1. The number of esters is 1. The van der Waals surface area contributed by atoms with E-state index in [0.717, 1.165) is 39.5 Å². The first kappa shape index (κ1) is 19.6. The number of carbonyl (C=O) groups excluding carboxylic acids is 1. The first-order valence-corrected chi connectivity index (χ1v) is 10.1. The lowest BCUT2D eigenvalue weighted by Gasteiger charge is -2.14. The van der Waals surface area contributed by atoms with Crippen LogP contribution < -0.4 is 0 Å². The molecule has 27 heavy (non-hydrogen) atoms. The number of rotatable bonds is 7. The quantitative estimate of drug-likeness (QED) is 0.407. The van der Waals surface area contributed by atoms with Crippen LogP contribution in [0.25, 0.3) is 16.6 Å². The Hall–Kier alpha value is -2.14. The number of ether oxygens (including phenoxy) is 1.